The highest BCUT2D eigenvalue weighted by Crippen LogP contribution is 2.22. The molecule has 0 atom stereocenters. The molecule has 6 heteroatoms. The molecule has 1 aromatic heterocycles. The summed E-state index contributed by atoms with van der Waals surface area (Å²) in [5, 5.41) is 7.85. The van der Waals surface area contributed by atoms with Gasteiger partial charge in [-0.2, -0.15) is 0 Å². The number of aryl methyl sites for hydroxylation is 1. The van der Waals surface area contributed by atoms with E-state index in [4.69, 9.17) is 0 Å². The number of unbranched alkanes of at least 4 members (excludes halogenated alkanes) is 2. The van der Waals surface area contributed by atoms with Crippen LogP contribution in [0.15, 0.2) is 11.2 Å². The van der Waals surface area contributed by atoms with E-state index in [0.29, 0.717) is 5.41 Å². The summed E-state index contributed by atoms with van der Waals surface area (Å²) in [6.07, 6.45) is 7.06. The van der Waals surface area contributed by atoms with Crippen LogP contribution < -0.4 is 10.6 Å². The minimum Gasteiger partial charge on any atom is -0.356 e. The molecule has 1 heterocycles. The molecule has 22 heavy (non-hydrogen) atoms. The molecule has 4 nitrogen and oxygen atoms in total. The van der Waals surface area contributed by atoms with Crippen molar-refractivity contribution in [2.75, 3.05) is 13.6 Å². The first-order valence-corrected chi connectivity index (χ1v) is 8.64. The van der Waals surface area contributed by atoms with Gasteiger partial charge in [0.2, 0.25) is 0 Å². The lowest BCUT2D eigenvalue weighted by atomic mass is 9.87. The molecule has 0 aliphatic carbocycles. The van der Waals surface area contributed by atoms with Gasteiger partial charge in [-0.25, -0.2) is 4.98 Å². The van der Waals surface area contributed by atoms with Crippen molar-refractivity contribution in [3.8, 4) is 0 Å². The maximum absolute atomic E-state index is 4.35. The number of rotatable bonds is 8. The Morgan fingerprint density at radius 1 is 1.32 bits per heavy atom. The van der Waals surface area contributed by atoms with E-state index < -0.39 is 0 Å². The average molecular weight is 438 g/mol. The number of hydrogen-bond acceptors (Lipinski definition) is 3. The molecule has 0 aromatic carbocycles. The SMILES string of the molecule is CCCCCC(C)(C)CNC(=NC)NCc1ncc(C)s1.I. The Labute approximate surface area is 156 Å². The zero-order valence-electron chi connectivity index (χ0n) is 14.5. The van der Waals surface area contributed by atoms with Crippen molar-refractivity contribution in [1.82, 2.24) is 15.6 Å². The van der Waals surface area contributed by atoms with Gasteiger partial charge in [0.25, 0.3) is 0 Å². The zero-order chi connectivity index (χ0) is 15.7. The van der Waals surface area contributed by atoms with Gasteiger partial charge in [-0.3, -0.25) is 4.99 Å². The molecule has 128 valence electrons. The lowest BCUT2D eigenvalue weighted by molar-refractivity contribution is 0.318. The van der Waals surface area contributed by atoms with Gasteiger partial charge < -0.3 is 10.6 Å². The lowest BCUT2D eigenvalue weighted by Crippen LogP contribution is -2.41. The van der Waals surface area contributed by atoms with Crippen LogP contribution in [0, 0.1) is 12.3 Å². The molecule has 0 saturated carbocycles. The van der Waals surface area contributed by atoms with Crippen molar-refractivity contribution < 1.29 is 0 Å². The van der Waals surface area contributed by atoms with E-state index in [1.807, 2.05) is 13.2 Å². The maximum atomic E-state index is 4.35. The van der Waals surface area contributed by atoms with Gasteiger partial charge in [0.15, 0.2) is 5.96 Å². The van der Waals surface area contributed by atoms with E-state index in [-0.39, 0.29) is 24.0 Å². The summed E-state index contributed by atoms with van der Waals surface area (Å²) in [6.45, 7) is 10.6. The standard InChI is InChI=1S/C16H30N4S.HI/c1-6-7-8-9-16(3,4)12-20-15(17-5)19-11-14-18-10-13(2)21-14;/h10H,6-9,11-12H2,1-5H3,(H2,17,19,20);1H. The maximum Gasteiger partial charge on any atom is 0.191 e. The Bertz CT molecular complexity index is 443. The summed E-state index contributed by atoms with van der Waals surface area (Å²) in [5.41, 5.74) is 0.296. The third kappa shape index (κ3) is 8.92. The van der Waals surface area contributed by atoms with Crippen molar-refractivity contribution in [3.63, 3.8) is 0 Å². The molecule has 0 saturated heterocycles. The summed E-state index contributed by atoms with van der Waals surface area (Å²) in [5.74, 6) is 0.853. The lowest BCUT2D eigenvalue weighted by Gasteiger charge is -2.26. The molecule has 0 amide bonds. The van der Waals surface area contributed by atoms with Gasteiger partial charge in [0.1, 0.15) is 5.01 Å². The number of nitrogens with one attached hydrogen (secondary N) is 2. The molecule has 0 spiro atoms. The molecule has 1 aromatic rings. The Hall–Kier alpha value is -0.370. The number of hydrogen-bond donors (Lipinski definition) is 2. The van der Waals surface area contributed by atoms with Crippen LogP contribution in [0.1, 0.15) is 56.3 Å². The van der Waals surface area contributed by atoms with E-state index in [0.717, 1.165) is 24.1 Å². The first-order valence-electron chi connectivity index (χ1n) is 7.82. The fourth-order valence-electron chi connectivity index (χ4n) is 2.13. The smallest absolute Gasteiger partial charge is 0.191 e. The minimum atomic E-state index is 0. The molecule has 0 aliphatic heterocycles. The number of thiazole rings is 1. The van der Waals surface area contributed by atoms with Crippen molar-refractivity contribution in [1.29, 1.82) is 0 Å². The first kappa shape index (κ1) is 21.6. The van der Waals surface area contributed by atoms with Crippen LogP contribution >= 0.6 is 35.3 Å². The van der Waals surface area contributed by atoms with E-state index in [2.05, 4.69) is 48.3 Å². The summed E-state index contributed by atoms with van der Waals surface area (Å²) in [7, 11) is 1.81. The number of aliphatic imine (C=N–C) groups is 1. The largest absolute Gasteiger partial charge is 0.356 e. The van der Waals surface area contributed by atoms with Crippen LogP contribution in [0.25, 0.3) is 0 Å². The van der Waals surface area contributed by atoms with Gasteiger partial charge >= 0.3 is 0 Å². The molecule has 0 fully saturated rings. The highest BCUT2D eigenvalue weighted by molar-refractivity contribution is 14.0. The van der Waals surface area contributed by atoms with Crippen LogP contribution in [0.3, 0.4) is 0 Å². The second-order valence-electron chi connectivity index (χ2n) is 6.27. The second kappa shape index (κ2) is 11.2. The third-order valence-electron chi connectivity index (χ3n) is 3.49. The fraction of sp³-hybridized carbons (Fsp3) is 0.750. The number of nitrogens with zero attached hydrogens (tertiary/aromatic N) is 2. The van der Waals surface area contributed by atoms with E-state index in [1.54, 1.807) is 11.3 Å². The summed E-state index contributed by atoms with van der Waals surface area (Å²) < 4.78 is 0. The molecule has 0 bridgehead atoms. The summed E-state index contributed by atoms with van der Waals surface area (Å²) in [6, 6.07) is 0. The topological polar surface area (TPSA) is 49.3 Å². The number of halogens is 1. The van der Waals surface area contributed by atoms with Crippen LogP contribution in [0.5, 0.6) is 0 Å². The summed E-state index contributed by atoms with van der Waals surface area (Å²) >= 11 is 1.72. The molecular formula is C16H31IN4S. The predicted octanol–water partition coefficient (Wildman–Crippen LogP) is 4.34. The first-order chi connectivity index (χ1) is 9.96. The van der Waals surface area contributed by atoms with Gasteiger partial charge in [-0.05, 0) is 18.8 Å². The predicted molar refractivity (Wildman–Crippen MR) is 108 cm³/mol. The third-order valence-corrected chi connectivity index (χ3v) is 4.40. The molecule has 0 radical (unpaired) electrons. The highest BCUT2D eigenvalue weighted by Gasteiger charge is 2.17. The molecular weight excluding hydrogens is 407 g/mol. The Balaban J connectivity index is 0.00000441. The average Bonchev–Trinajstić information content (AvgIpc) is 2.85. The highest BCUT2D eigenvalue weighted by atomic mass is 127. The minimum absolute atomic E-state index is 0. The number of aromatic nitrogens is 1. The van der Waals surface area contributed by atoms with Gasteiger partial charge in [0.05, 0.1) is 6.54 Å². The van der Waals surface area contributed by atoms with Crippen molar-refractivity contribution >= 4 is 41.3 Å². The van der Waals surface area contributed by atoms with Gasteiger partial charge in [-0.1, -0.05) is 40.0 Å². The zero-order valence-corrected chi connectivity index (χ0v) is 17.7. The summed E-state index contributed by atoms with van der Waals surface area (Å²) in [4.78, 5) is 9.88. The van der Waals surface area contributed by atoms with E-state index >= 15 is 0 Å². The van der Waals surface area contributed by atoms with Crippen molar-refractivity contribution in [3.05, 3.63) is 16.1 Å². The molecule has 0 unspecified atom stereocenters. The number of guanidine groups is 1. The van der Waals surface area contributed by atoms with Crippen LogP contribution in [-0.4, -0.2) is 24.5 Å². The monoisotopic (exact) mass is 438 g/mol. The molecule has 2 N–H and O–H groups in total. The second-order valence-corrected chi connectivity index (χ2v) is 7.58. The van der Waals surface area contributed by atoms with E-state index in [1.165, 1.54) is 30.6 Å². The van der Waals surface area contributed by atoms with Gasteiger partial charge in [-0.15, -0.1) is 35.3 Å². The Kier molecular flexibility index (Phi) is 11.0. The van der Waals surface area contributed by atoms with Crippen LogP contribution in [0.2, 0.25) is 0 Å². The molecule has 1 rings (SSSR count). The van der Waals surface area contributed by atoms with Crippen LogP contribution in [0.4, 0.5) is 0 Å². The fourth-order valence-corrected chi connectivity index (χ4v) is 2.85. The van der Waals surface area contributed by atoms with Gasteiger partial charge in [0, 0.05) is 24.7 Å². The Morgan fingerprint density at radius 2 is 2.05 bits per heavy atom. The van der Waals surface area contributed by atoms with Crippen molar-refractivity contribution in [2.24, 2.45) is 10.4 Å². The molecule has 0 aliphatic rings. The normalized spacial score (nSPS) is 12.0. The van der Waals surface area contributed by atoms with Crippen LogP contribution in [-0.2, 0) is 6.54 Å². The Morgan fingerprint density at radius 3 is 2.59 bits per heavy atom. The van der Waals surface area contributed by atoms with Crippen molar-refractivity contribution in [2.45, 2.75) is 59.9 Å². The van der Waals surface area contributed by atoms with E-state index in [9.17, 15) is 0 Å². The quantitative estimate of drug-likeness (QED) is 0.275.